The Kier molecular flexibility index (Phi) is 7.72. The minimum atomic E-state index is -1.63. The molecule has 5 aromatic rings. The maximum absolute atomic E-state index is 13.8. The van der Waals surface area contributed by atoms with Gasteiger partial charge in [0.2, 0.25) is 11.9 Å². The van der Waals surface area contributed by atoms with Crippen LogP contribution in [-0.4, -0.2) is 38.6 Å². The smallest absolute Gasteiger partial charge is 0.252 e. The molecule has 0 fully saturated rings. The number of nitrogens with zero attached hydrogens (tertiary/aromatic N) is 3. The second kappa shape index (κ2) is 11.7. The van der Waals surface area contributed by atoms with Crippen molar-refractivity contribution in [2.75, 3.05) is 5.32 Å². The fourth-order valence-electron chi connectivity index (χ4n) is 4.09. The lowest BCUT2D eigenvalue weighted by Gasteiger charge is -2.18. The lowest BCUT2D eigenvalue weighted by atomic mass is 10.0. The molecule has 2 aromatic heterocycles. The van der Waals surface area contributed by atoms with E-state index in [-0.39, 0.29) is 29.3 Å². The lowest BCUT2D eigenvalue weighted by molar-refractivity contribution is -0.118. The third-order valence-electron chi connectivity index (χ3n) is 6.10. The van der Waals surface area contributed by atoms with Crippen LogP contribution in [0.5, 0.6) is 0 Å². The molecule has 3 aromatic carbocycles. The van der Waals surface area contributed by atoms with Gasteiger partial charge in [0.1, 0.15) is 17.6 Å². The van der Waals surface area contributed by atoms with Gasteiger partial charge in [0, 0.05) is 36.0 Å². The van der Waals surface area contributed by atoms with Crippen molar-refractivity contribution in [3.8, 4) is 0 Å². The average Bonchev–Trinajstić information content (AvgIpc) is 3.48. The molecule has 0 aliphatic rings. The molecule has 1 unspecified atom stereocenters. The highest BCUT2D eigenvalue weighted by atomic mass is 19.2. The van der Waals surface area contributed by atoms with Gasteiger partial charge in [-0.25, -0.2) is 23.1 Å². The Morgan fingerprint density at radius 1 is 0.951 bits per heavy atom. The van der Waals surface area contributed by atoms with Crippen LogP contribution in [0.25, 0.3) is 10.8 Å². The summed E-state index contributed by atoms with van der Waals surface area (Å²) in [5.41, 5.74) is 7.08. The number of aromatic nitrogens is 3. The maximum Gasteiger partial charge on any atom is 0.252 e. The van der Waals surface area contributed by atoms with Gasteiger partial charge in [-0.15, -0.1) is 0 Å². The maximum atomic E-state index is 13.8. The number of halogens is 3. The number of hydrogen-bond acceptors (Lipinski definition) is 5. The fourth-order valence-corrected chi connectivity index (χ4v) is 4.09. The highest BCUT2D eigenvalue weighted by Gasteiger charge is 2.24. The first kappa shape index (κ1) is 27.1. The molecule has 206 valence electrons. The van der Waals surface area contributed by atoms with Crippen molar-refractivity contribution in [3.05, 3.63) is 120 Å². The quantitative estimate of drug-likeness (QED) is 0.127. The summed E-state index contributed by atoms with van der Waals surface area (Å²) < 4.78 is 41.1. The highest BCUT2D eigenvalue weighted by molar-refractivity contribution is 6.02. The molecule has 2 amide bonds. The van der Waals surface area contributed by atoms with Gasteiger partial charge in [-0.2, -0.15) is 0 Å². The van der Waals surface area contributed by atoms with Gasteiger partial charge in [0.05, 0.1) is 5.69 Å². The van der Waals surface area contributed by atoms with E-state index in [0.29, 0.717) is 11.4 Å². The number of imidazole rings is 1. The van der Waals surface area contributed by atoms with Gasteiger partial charge in [-0.3, -0.25) is 19.9 Å². The van der Waals surface area contributed by atoms with E-state index in [4.69, 9.17) is 5.73 Å². The normalized spacial score (nSPS) is 12.2. The summed E-state index contributed by atoms with van der Waals surface area (Å²) in [6.07, 6.45) is 4.21. The van der Waals surface area contributed by atoms with Crippen LogP contribution in [0.15, 0.2) is 90.3 Å². The topological polar surface area (TPSA) is 138 Å². The monoisotopic (exact) mass is 557 g/mol. The number of nitrogens with two attached hydrogens (primary N) is 1. The minimum Gasteiger partial charge on any atom is -0.382 e. The Balaban J connectivity index is 1.37. The molecule has 1 atom stereocenters. The first-order valence-corrected chi connectivity index (χ1v) is 12.3. The summed E-state index contributed by atoms with van der Waals surface area (Å²) in [7, 11) is 0. The zero-order chi connectivity index (χ0) is 28.9. The Bertz CT molecular complexity index is 1750. The molecule has 2 heterocycles. The third-order valence-corrected chi connectivity index (χ3v) is 6.10. The molecule has 5 rings (SSSR count). The number of hydrogen-bond donors (Lipinski definition) is 4. The van der Waals surface area contributed by atoms with E-state index < -0.39 is 35.3 Å². The van der Waals surface area contributed by atoms with Crippen molar-refractivity contribution in [1.82, 2.24) is 20.3 Å². The zero-order valence-corrected chi connectivity index (χ0v) is 21.2. The van der Waals surface area contributed by atoms with Crippen LogP contribution in [-0.2, 0) is 11.2 Å². The average molecular weight is 558 g/mol. The van der Waals surface area contributed by atoms with E-state index in [1.807, 2.05) is 24.3 Å². The van der Waals surface area contributed by atoms with Crippen LogP contribution >= 0.6 is 0 Å². The van der Waals surface area contributed by atoms with Crippen LogP contribution in [0.1, 0.15) is 21.6 Å². The molecule has 41 heavy (non-hydrogen) atoms. The molecule has 5 N–H and O–H groups in total. The summed E-state index contributed by atoms with van der Waals surface area (Å²) in [4.78, 5) is 41.5. The predicted molar refractivity (Wildman–Crippen MR) is 147 cm³/mol. The Labute approximate surface area is 231 Å². The number of amides is 2. The standard InChI is InChI=1S/C29H22F3N7O2/c30-21-10-16(11-22(31)25(21)32)12-24(28(41)39-29-34-8-9-35-29)38-27(40)18-6-3-7-20(13-18)37-26(33)23-14-17-4-1-2-5-19(17)15-36-23/h1-11,13-15,24H,12H2,(H2,33,37)(H,38,40)(H2,34,35,39,41). The van der Waals surface area contributed by atoms with Gasteiger partial charge in [0.15, 0.2) is 17.5 Å². The van der Waals surface area contributed by atoms with Gasteiger partial charge < -0.3 is 16.0 Å². The molecular weight excluding hydrogens is 535 g/mol. The molecule has 0 aliphatic carbocycles. The summed E-state index contributed by atoms with van der Waals surface area (Å²) in [6, 6.07) is 15.8. The van der Waals surface area contributed by atoms with E-state index in [1.54, 1.807) is 24.4 Å². The largest absolute Gasteiger partial charge is 0.382 e. The van der Waals surface area contributed by atoms with Crippen LogP contribution in [0.2, 0.25) is 0 Å². The molecule has 12 heteroatoms. The van der Waals surface area contributed by atoms with Crippen molar-refractivity contribution >= 4 is 40.1 Å². The number of rotatable bonds is 8. The van der Waals surface area contributed by atoms with Gasteiger partial charge in [0.25, 0.3) is 5.91 Å². The van der Waals surface area contributed by atoms with Crippen LogP contribution in [0.3, 0.4) is 0 Å². The van der Waals surface area contributed by atoms with Crippen molar-refractivity contribution < 1.29 is 22.8 Å². The van der Waals surface area contributed by atoms with E-state index in [2.05, 4.69) is 30.6 Å². The van der Waals surface area contributed by atoms with Crippen molar-refractivity contribution in [2.45, 2.75) is 12.5 Å². The zero-order valence-electron chi connectivity index (χ0n) is 21.2. The van der Waals surface area contributed by atoms with Crippen molar-refractivity contribution in [2.24, 2.45) is 10.7 Å². The number of anilines is 1. The van der Waals surface area contributed by atoms with E-state index in [0.717, 1.165) is 22.9 Å². The number of aliphatic imine (C=N–C) groups is 1. The van der Waals surface area contributed by atoms with Gasteiger partial charge in [-0.05, 0) is 47.3 Å². The predicted octanol–water partition coefficient (Wildman–Crippen LogP) is 4.39. The van der Waals surface area contributed by atoms with Crippen LogP contribution in [0, 0.1) is 17.5 Å². The number of benzene rings is 3. The number of aromatic amines is 1. The second-order valence-electron chi connectivity index (χ2n) is 8.99. The van der Waals surface area contributed by atoms with E-state index >= 15 is 0 Å². The summed E-state index contributed by atoms with van der Waals surface area (Å²) in [5.74, 6) is -5.64. The molecular formula is C29H22F3N7O2. The number of pyridine rings is 1. The highest BCUT2D eigenvalue weighted by Crippen LogP contribution is 2.19. The molecule has 0 radical (unpaired) electrons. The number of fused-ring (bicyclic) bond motifs is 1. The van der Waals surface area contributed by atoms with Crippen LogP contribution in [0.4, 0.5) is 24.8 Å². The molecule has 0 saturated carbocycles. The van der Waals surface area contributed by atoms with Crippen molar-refractivity contribution in [3.63, 3.8) is 0 Å². The minimum absolute atomic E-state index is 0.0460. The third kappa shape index (κ3) is 6.38. The first-order valence-electron chi connectivity index (χ1n) is 12.3. The fraction of sp³-hybridized carbons (Fsp3) is 0.0690. The molecule has 0 aliphatic heterocycles. The first-order chi connectivity index (χ1) is 19.8. The number of amidine groups is 1. The van der Waals surface area contributed by atoms with Crippen molar-refractivity contribution in [1.29, 1.82) is 0 Å². The van der Waals surface area contributed by atoms with Crippen LogP contribution < -0.4 is 16.4 Å². The summed E-state index contributed by atoms with van der Waals surface area (Å²) >= 11 is 0. The SMILES string of the molecule is NC(=Nc1cccc(C(=O)NC(Cc2cc(F)c(F)c(F)c2)C(=O)Nc2ncc[nH]2)c1)c1cc2ccccc2cn1. The molecule has 0 spiro atoms. The number of H-pyrrole nitrogens is 1. The number of carbonyl (C=O) groups is 2. The molecule has 0 saturated heterocycles. The van der Waals surface area contributed by atoms with E-state index in [9.17, 15) is 22.8 Å². The summed E-state index contributed by atoms with van der Waals surface area (Å²) in [6.45, 7) is 0. The molecule has 9 nitrogen and oxygen atoms in total. The lowest BCUT2D eigenvalue weighted by Crippen LogP contribution is -2.45. The second-order valence-corrected chi connectivity index (χ2v) is 8.99. The Morgan fingerprint density at radius 2 is 1.71 bits per heavy atom. The summed E-state index contributed by atoms with van der Waals surface area (Å²) in [5, 5.41) is 6.92. The van der Waals surface area contributed by atoms with Gasteiger partial charge in [-0.1, -0.05) is 30.3 Å². The number of carbonyl (C=O) groups excluding carboxylic acids is 2. The van der Waals surface area contributed by atoms with E-state index in [1.165, 1.54) is 24.5 Å². The number of nitrogens with one attached hydrogen (secondary N) is 3. The van der Waals surface area contributed by atoms with Gasteiger partial charge >= 0.3 is 0 Å². The Hall–Kier alpha value is -5.52. The Morgan fingerprint density at radius 3 is 2.44 bits per heavy atom. The molecule has 0 bridgehead atoms.